The minimum atomic E-state index is 0.609. The first-order chi connectivity index (χ1) is 7.28. The van der Waals surface area contributed by atoms with E-state index in [0.717, 1.165) is 28.4 Å². The molecule has 0 heterocycles. The summed E-state index contributed by atoms with van der Waals surface area (Å²) in [6.07, 6.45) is 2.81. The van der Waals surface area contributed by atoms with Crippen molar-refractivity contribution in [2.45, 2.75) is 11.3 Å². The average molecular weight is 227 g/mol. The van der Waals surface area contributed by atoms with E-state index in [0.29, 0.717) is 6.54 Å². The minimum absolute atomic E-state index is 0.609. The fourth-order valence-electron chi connectivity index (χ4n) is 1.52. The van der Waals surface area contributed by atoms with Crippen LogP contribution in [0, 0.1) is 0 Å². The van der Waals surface area contributed by atoms with Gasteiger partial charge in [-0.2, -0.15) is 0 Å². The van der Waals surface area contributed by atoms with Gasteiger partial charge in [0.15, 0.2) is 11.5 Å². The maximum Gasteiger partial charge on any atom is 0.174 e. The summed E-state index contributed by atoms with van der Waals surface area (Å²) >= 11 is 1.64. The molecule has 2 N–H and O–H groups in total. The fraction of sp³-hybridized carbons (Fsp3) is 0.455. The van der Waals surface area contributed by atoms with Crippen molar-refractivity contribution in [2.75, 3.05) is 27.0 Å². The van der Waals surface area contributed by atoms with Crippen LogP contribution >= 0.6 is 11.8 Å². The molecule has 0 aliphatic carbocycles. The predicted octanol–water partition coefficient (Wildman–Crippen LogP) is 1.93. The maximum atomic E-state index is 5.54. The number of hydrogen-bond acceptors (Lipinski definition) is 4. The Hall–Kier alpha value is -0.870. The Morgan fingerprint density at radius 1 is 1.20 bits per heavy atom. The molecule has 0 radical (unpaired) electrons. The van der Waals surface area contributed by atoms with Crippen LogP contribution in [0.3, 0.4) is 0 Å². The molecule has 0 fully saturated rings. The molecule has 0 atom stereocenters. The van der Waals surface area contributed by atoms with Crippen LogP contribution in [0.15, 0.2) is 17.0 Å². The van der Waals surface area contributed by atoms with Gasteiger partial charge in [0.05, 0.1) is 19.1 Å². The van der Waals surface area contributed by atoms with Crippen LogP contribution in [-0.4, -0.2) is 27.0 Å². The highest BCUT2D eigenvalue weighted by Gasteiger charge is 2.13. The third-order valence-electron chi connectivity index (χ3n) is 2.20. The van der Waals surface area contributed by atoms with Crippen LogP contribution in [0.5, 0.6) is 11.5 Å². The van der Waals surface area contributed by atoms with Crippen LogP contribution in [0.25, 0.3) is 0 Å². The van der Waals surface area contributed by atoms with Crippen molar-refractivity contribution in [3.63, 3.8) is 0 Å². The van der Waals surface area contributed by atoms with Gasteiger partial charge < -0.3 is 15.2 Å². The van der Waals surface area contributed by atoms with Crippen LogP contribution in [0.2, 0.25) is 0 Å². The van der Waals surface area contributed by atoms with E-state index in [2.05, 4.69) is 0 Å². The molecule has 0 aliphatic rings. The van der Waals surface area contributed by atoms with Crippen LogP contribution in [0.1, 0.15) is 5.56 Å². The van der Waals surface area contributed by atoms with Crippen molar-refractivity contribution in [3.8, 4) is 11.5 Å². The summed E-state index contributed by atoms with van der Waals surface area (Å²) in [5.41, 5.74) is 6.64. The summed E-state index contributed by atoms with van der Waals surface area (Å²) < 4.78 is 10.7. The first kappa shape index (κ1) is 12.2. The van der Waals surface area contributed by atoms with E-state index in [1.165, 1.54) is 0 Å². The zero-order valence-corrected chi connectivity index (χ0v) is 10.2. The van der Waals surface area contributed by atoms with E-state index in [1.54, 1.807) is 26.0 Å². The number of nitrogens with two attached hydrogens (primary N) is 1. The average Bonchev–Trinajstić information content (AvgIpc) is 2.28. The van der Waals surface area contributed by atoms with Gasteiger partial charge in [-0.05, 0) is 30.9 Å². The summed E-state index contributed by atoms with van der Waals surface area (Å²) in [6, 6.07) is 4.08. The largest absolute Gasteiger partial charge is 0.493 e. The molecule has 84 valence electrons. The van der Waals surface area contributed by atoms with Gasteiger partial charge in [-0.1, -0.05) is 6.07 Å². The number of benzene rings is 1. The Balaban J connectivity index is 3.21. The Bertz CT molecular complexity index is 329. The van der Waals surface area contributed by atoms with Crippen LogP contribution in [0.4, 0.5) is 0 Å². The van der Waals surface area contributed by atoms with Crippen molar-refractivity contribution in [3.05, 3.63) is 17.7 Å². The molecule has 0 saturated carbocycles. The first-order valence-electron chi connectivity index (χ1n) is 4.76. The van der Waals surface area contributed by atoms with Gasteiger partial charge in [0, 0.05) is 0 Å². The number of ether oxygens (including phenoxy) is 2. The zero-order chi connectivity index (χ0) is 11.3. The lowest BCUT2D eigenvalue weighted by molar-refractivity contribution is 0.345. The number of thioether (sulfide) groups is 1. The summed E-state index contributed by atoms with van der Waals surface area (Å²) in [4.78, 5) is 1.08. The first-order valence-corrected chi connectivity index (χ1v) is 5.98. The third-order valence-corrected chi connectivity index (χ3v) is 2.96. The molecule has 0 aliphatic heterocycles. The van der Waals surface area contributed by atoms with Crippen molar-refractivity contribution in [2.24, 2.45) is 5.73 Å². The van der Waals surface area contributed by atoms with Gasteiger partial charge in [0.25, 0.3) is 0 Å². The van der Waals surface area contributed by atoms with Crippen LogP contribution in [-0.2, 0) is 6.42 Å². The topological polar surface area (TPSA) is 44.5 Å². The zero-order valence-electron chi connectivity index (χ0n) is 9.37. The summed E-state index contributed by atoms with van der Waals surface area (Å²) in [7, 11) is 3.31. The van der Waals surface area contributed by atoms with E-state index in [1.807, 2.05) is 18.4 Å². The number of hydrogen-bond donors (Lipinski definition) is 1. The highest BCUT2D eigenvalue weighted by Crippen LogP contribution is 2.39. The predicted molar refractivity (Wildman–Crippen MR) is 64.1 cm³/mol. The summed E-state index contributed by atoms with van der Waals surface area (Å²) in [6.45, 7) is 0.609. The molecule has 0 bridgehead atoms. The second kappa shape index (κ2) is 5.88. The smallest absolute Gasteiger partial charge is 0.174 e. The Labute approximate surface area is 94.9 Å². The van der Waals surface area contributed by atoms with Crippen LogP contribution < -0.4 is 15.2 Å². The Morgan fingerprint density at radius 2 is 1.87 bits per heavy atom. The van der Waals surface area contributed by atoms with E-state index >= 15 is 0 Å². The molecule has 0 saturated heterocycles. The molecule has 4 heteroatoms. The van der Waals surface area contributed by atoms with E-state index in [4.69, 9.17) is 15.2 Å². The summed E-state index contributed by atoms with van der Waals surface area (Å²) in [5, 5.41) is 0. The molecule has 15 heavy (non-hydrogen) atoms. The normalized spacial score (nSPS) is 10.1. The molecular weight excluding hydrogens is 210 g/mol. The van der Waals surface area contributed by atoms with Crippen molar-refractivity contribution in [1.82, 2.24) is 0 Å². The second-order valence-corrected chi connectivity index (χ2v) is 3.88. The lowest BCUT2D eigenvalue weighted by Gasteiger charge is -2.15. The van der Waals surface area contributed by atoms with Gasteiger partial charge in [0.1, 0.15) is 0 Å². The monoisotopic (exact) mass is 227 g/mol. The van der Waals surface area contributed by atoms with Gasteiger partial charge in [0.2, 0.25) is 0 Å². The van der Waals surface area contributed by atoms with E-state index in [9.17, 15) is 0 Å². The second-order valence-electron chi connectivity index (χ2n) is 3.03. The van der Waals surface area contributed by atoms with Gasteiger partial charge in [-0.15, -0.1) is 11.8 Å². The molecular formula is C11H17NO2S. The molecule has 0 spiro atoms. The van der Waals surface area contributed by atoms with Gasteiger partial charge in [-0.3, -0.25) is 0 Å². The fourth-order valence-corrected chi connectivity index (χ4v) is 2.08. The van der Waals surface area contributed by atoms with Gasteiger partial charge in [-0.25, -0.2) is 0 Å². The molecule has 3 nitrogen and oxygen atoms in total. The quantitative estimate of drug-likeness (QED) is 0.781. The summed E-state index contributed by atoms with van der Waals surface area (Å²) in [5.74, 6) is 1.60. The molecule has 1 aromatic carbocycles. The van der Waals surface area contributed by atoms with Crippen molar-refractivity contribution >= 4 is 11.8 Å². The standard InChI is InChI=1S/C11H17NO2S/c1-13-10-8(6-7-12)4-5-9(15-3)11(10)14-2/h4-5H,6-7,12H2,1-3H3. The van der Waals surface area contributed by atoms with E-state index in [-0.39, 0.29) is 0 Å². The van der Waals surface area contributed by atoms with Crippen molar-refractivity contribution < 1.29 is 9.47 Å². The SMILES string of the molecule is COc1c(CCN)ccc(SC)c1OC. The number of rotatable bonds is 5. The molecule has 1 rings (SSSR count). The lowest BCUT2D eigenvalue weighted by Crippen LogP contribution is -2.05. The molecule has 0 amide bonds. The highest BCUT2D eigenvalue weighted by molar-refractivity contribution is 7.98. The third kappa shape index (κ3) is 2.58. The Kier molecular flexibility index (Phi) is 4.78. The highest BCUT2D eigenvalue weighted by atomic mass is 32.2. The maximum absolute atomic E-state index is 5.54. The number of methoxy groups -OCH3 is 2. The molecule has 1 aromatic rings. The van der Waals surface area contributed by atoms with Gasteiger partial charge >= 0.3 is 0 Å². The Morgan fingerprint density at radius 3 is 2.33 bits per heavy atom. The molecule has 0 unspecified atom stereocenters. The van der Waals surface area contributed by atoms with Crippen molar-refractivity contribution in [1.29, 1.82) is 0 Å². The van der Waals surface area contributed by atoms with E-state index < -0.39 is 0 Å². The lowest BCUT2D eigenvalue weighted by atomic mass is 10.1. The minimum Gasteiger partial charge on any atom is -0.493 e. The molecule has 0 aromatic heterocycles.